The van der Waals surface area contributed by atoms with Gasteiger partial charge in [-0.2, -0.15) is 0 Å². The van der Waals surface area contributed by atoms with Crippen molar-refractivity contribution in [3.05, 3.63) is 108 Å². The number of phenolic OH excluding ortho intramolecular Hbond substituents is 1. The van der Waals surface area contributed by atoms with Gasteiger partial charge in [0.2, 0.25) is 5.91 Å². The summed E-state index contributed by atoms with van der Waals surface area (Å²) in [4.78, 5) is 23.0. The summed E-state index contributed by atoms with van der Waals surface area (Å²) in [6.07, 6.45) is 1.71. The Morgan fingerprint density at radius 3 is 2.46 bits per heavy atom. The second kappa shape index (κ2) is 8.69. The van der Waals surface area contributed by atoms with Crippen molar-refractivity contribution >= 4 is 22.5 Å². The molecule has 0 aliphatic heterocycles. The Morgan fingerprint density at radius 1 is 0.800 bits per heavy atom. The number of hydrogen-bond acceptors (Lipinski definition) is 4. The lowest BCUT2D eigenvalue weighted by Crippen LogP contribution is -2.18. The van der Waals surface area contributed by atoms with Crippen molar-refractivity contribution in [3.8, 4) is 28.3 Å². The maximum Gasteiger partial charge on any atom is 0.230 e. The van der Waals surface area contributed by atoms with Crippen LogP contribution in [-0.4, -0.2) is 21.0 Å². The largest absolute Gasteiger partial charge is 0.508 e. The van der Waals surface area contributed by atoms with Crippen molar-refractivity contribution in [2.45, 2.75) is 19.3 Å². The second-order valence-electron chi connectivity index (χ2n) is 8.83. The normalized spacial score (nSPS) is 12.1. The number of amides is 1. The van der Waals surface area contributed by atoms with Crippen LogP contribution in [0.25, 0.3) is 33.3 Å². The number of aryl methyl sites for hydroxylation is 2. The van der Waals surface area contributed by atoms with E-state index in [-0.39, 0.29) is 18.1 Å². The minimum absolute atomic E-state index is 0.132. The van der Waals surface area contributed by atoms with Crippen molar-refractivity contribution in [2.24, 2.45) is 0 Å². The highest BCUT2D eigenvalue weighted by atomic mass is 16.3. The zero-order valence-corrected chi connectivity index (χ0v) is 19.0. The van der Waals surface area contributed by atoms with Crippen molar-refractivity contribution in [2.75, 3.05) is 5.32 Å². The summed E-state index contributed by atoms with van der Waals surface area (Å²) >= 11 is 0. The lowest BCUT2D eigenvalue weighted by molar-refractivity contribution is -0.115. The van der Waals surface area contributed by atoms with E-state index < -0.39 is 0 Å². The fraction of sp³-hybridized carbons (Fsp3) is 0.100. The molecule has 2 N–H and O–H groups in total. The topological polar surface area (TPSA) is 75.1 Å². The molecule has 5 nitrogen and oxygen atoms in total. The van der Waals surface area contributed by atoms with Gasteiger partial charge < -0.3 is 10.4 Å². The highest BCUT2D eigenvalue weighted by Crippen LogP contribution is 2.36. The van der Waals surface area contributed by atoms with E-state index >= 15 is 0 Å². The Balaban J connectivity index is 1.37. The van der Waals surface area contributed by atoms with E-state index in [1.54, 1.807) is 12.1 Å². The van der Waals surface area contributed by atoms with Crippen molar-refractivity contribution in [1.82, 2.24) is 9.97 Å². The molecular weight excluding hydrogens is 434 g/mol. The SMILES string of the molecule is O=C(Cc1ccc2ccccc2c1)Nc1nc2c(nc1-c1ccccc1)-c1ccc(O)cc1CC2. The molecule has 1 aliphatic carbocycles. The zero-order chi connectivity index (χ0) is 23.8. The molecule has 0 unspecified atom stereocenters. The zero-order valence-electron chi connectivity index (χ0n) is 19.0. The number of carbonyl (C=O) groups is 1. The van der Waals surface area contributed by atoms with E-state index in [1.807, 2.05) is 60.7 Å². The summed E-state index contributed by atoms with van der Waals surface area (Å²) in [5.41, 5.74) is 6.15. The Hall–Kier alpha value is -4.51. The third-order valence-corrected chi connectivity index (χ3v) is 6.43. The quantitative estimate of drug-likeness (QED) is 0.350. The highest BCUT2D eigenvalue weighted by Gasteiger charge is 2.23. The molecule has 0 saturated heterocycles. The van der Waals surface area contributed by atoms with Crippen LogP contribution in [-0.2, 0) is 24.1 Å². The van der Waals surface area contributed by atoms with E-state index in [2.05, 4.69) is 23.5 Å². The fourth-order valence-corrected chi connectivity index (χ4v) is 4.73. The summed E-state index contributed by atoms with van der Waals surface area (Å²) in [5, 5.41) is 15.2. The number of benzene rings is 4. The maximum absolute atomic E-state index is 13.1. The predicted molar refractivity (Wildman–Crippen MR) is 138 cm³/mol. The molecule has 0 atom stereocenters. The van der Waals surface area contributed by atoms with Crippen LogP contribution < -0.4 is 5.32 Å². The monoisotopic (exact) mass is 457 g/mol. The second-order valence-corrected chi connectivity index (χ2v) is 8.83. The van der Waals surface area contributed by atoms with E-state index in [4.69, 9.17) is 9.97 Å². The number of aromatic nitrogens is 2. The molecule has 6 rings (SSSR count). The molecule has 0 spiro atoms. The van der Waals surface area contributed by atoms with Crippen LogP contribution in [0.1, 0.15) is 16.8 Å². The number of nitrogens with zero attached hydrogens (tertiary/aromatic N) is 2. The Kier molecular flexibility index (Phi) is 5.23. The third-order valence-electron chi connectivity index (χ3n) is 6.43. The summed E-state index contributed by atoms with van der Waals surface area (Å²) in [6.45, 7) is 0. The van der Waals surface area contributed by atoms with Gasteiger partial charge in [-0.3, -0.25) is 4.79 Å². The van der Waals surface area contributed by atoms with Crippen LogP contribution in [0.4, 0.5) is 5.82 Å². The predicted octanol–water partition coefficient (Wildman–Crippen LogP) is 5.95. The molecule has 1 aliphatic rings. The van der Waals surface area contributed by atoms with E-state index in [1.165, 1.54) is 0 Å². The van der Waals surface area contributed by atoms with Crippen LogP contribution >= 0.6 is 0 Å². The van der Waals surface area contributed by atoms with Gasteiger partial charge in [0.05, 0.1) is 17.8 Å². The minimum atomic E-state index is -0.132. The molecule has 0 fully saturated rings. The van der Waals surface area contributed by atoms with E-state index in [0.717, 1.165) is 50.8 Å². The molecule has 4 aromatic carbocycles. The van der Waals surface area contributed by atoms with Crippen LogP contribution in [0.5, 0.6) is 5.75 Å². The molecule has 0 bridgehead atoms. The van der Waals surface area contributed by atoms with Gasteiger partial charge in [-0.15, -0.1) is 0 Å². The molecule has 0 saturated carbocycles. The number of nitrogens with one attached hydrogen (secondary N) is 1. The number of rotatable bonds is 4. The maximum atomic E-state index is 13.1. The molecule has 5 aromatic rings. The standard InChI is InChI=1S/C30H23N3O2/c34-24-13-14-25-23(18-24)12-15-26-29(25)33-28(21-7-2-1-3-8-21)30(31-26)32-27(35)17-19-10-11-20-6-4-5-9-22(20)16-19/h1-11,13-14,16,18,34H,12,15,17H2,(H,31,32,35). The molecule has 5 heteroatoms. The summed E-state index contributed by atoms with van der Waals surface area (Å²) < 4.78 is 0. The number of hydrogen-bond donors (Lipinski definition) is 2. The van der Waals surface area contributed by atoms with Gasteiger partial charge in [0.1, 0.15) is 11.4 Å². The molecule has 0 radical (unpaired) electrons. The first-order valence-corrected chi connectivity index (χ1v) is 11.7. The van der Waals surface area contributed by atoms with Gasteiger partial charge in [0.25, 0.3) is 0 Å². The average Bonchev–Trinajstić information content (AvgIpc) is 2.88. The molecule has 1 heterocycles. The Bertz CT molecular complexity index is 1580. The van der Waals surface area contributed by atoms with Crippen LogP contribution in [0, 0.1) is 0 Å². The molecular formula is C30H23N3O2. The lowest BCUT2D eigenvalue weighted by atomic mass is 9.91. The highest BCUT2D eigenvalue weighted by molar-refractivity contribution is 5.96. The number of carbonyl (C=O) groups excluding carboxylic acids is 1. The number of anilines is 1. The summed E-state index contributed by atoms with van der Waals surface area (Å²) in [6, 6.07) is 29.4. The van der Waals surface area contributed by atoms with Crippen molar-refractivity contribution < 1.29 is 9.90 Å². The van der Waals surface area contributed by atoms with Gasteiger partial charge >= 0.3 is 0 Å². The van der Waals surface area contributed by atoms with Crippen LogP contribution in [0.2, 0.25) is 0 Å². The Morgan fingerprint density at radius 2 is 1.60 bits per heavy atom. The van der Waals surface area contributed by atoms with E-state index in [0.29, 0.717) is 17.9 Å². The summed E-state index contributed by atoms with van der Waals surface area (Å²) in [7, 11) is 0. The lowest BCUT2D eigenvalue weighted by Gasteiger charge is -2.21. The van der Waals surface area contributed by atoms with Crippen LogP contribution in [0.3, 0.4) is 0 Å². The first-order valence-electron chi connectivity index (χ1n) is 11.7. The number of aromatic hydroxyl groups is 1. The van der Waals surface area contributed by atoms with Gasteiger partial charge in [-0.25, -0.2) is 9.97 Å². The van der Waals surface area contributed by atoms with E-state index in [9.17, 15) is 9.90 Å². The smallest absolute Gasteiger partial charge is 0.230 e. The average molecular weight is 458 g/mol. The van der Waals surface area contributed by atoms with Gasteiger partial charge in [-0.1, -0.05) is 72.8 Å². The summed E-state index contributed by atoms with van der Waals surface area (Å²) in [5.74, 6) is 0.594. The van der Waals surface area contributed by atoms with Gasteiger partial charge in [0.15, 0.2) is 5.82 Å². The van der Waals surface area contributed by atoms with Gasteiger partial charge in [0, 0.05) is 11.1 Å². The minimum Gasteiger partial charge on any atom is -0.508 e. The third kappa shape index (κ3) is 4.13. The molecule has 1 aromatic heterocycles. The fourth-order valence-electron chi connectivity index (χ4n) is 4.73. The molecule has 1 amide bonds. The number of phenols is 1. The number of fused-ring (bicyclic) bond motifs is 4. The van der Waals surface area contributed by atoms with Crippen molar-refractivity contribution in [1.29, 1.82) is 0 Å². The first kappa shape index (κ1) is 21.1. The first-order chi connectivity index (χ1) is 17.1. The molecule has 35 heavy (non-hydrogen) atoms. The van der Waals surface area contributed by atoms with Crippen LogP contribution in [0.15, 0.2) is 91.0 Å². The van der Waals surface area contributed by atoms with Gasteiger partial charge in [-0.05, 0) is 52.9 Å². The Labute approximate surface area is 203 Å². The van der Waals surface area contributed by atoms with Crippen molar-refractivity contribution in [3.63, 3.8) is 0 Å². The molecule has 170 valence electrons.